The monoisotopic (exact) mass is 503 g/mol. The van der Waals surface area contributed by atoms with Gasteiger partial charge in [0.15, 0.2) is 11.4 Å². The Kier molecular flexibility index (Phi) is 5.53. The number of thiazole rings is 1. The zero-order valence-corrected chi connectivity index (χ0v) is 20.5. The summed E-state index contributed by atoms with van der Waals surface area (Å²) in [6.07, 6.45) is 8.33. The van der Waals surface area contributed by atoms with Crippen LogP contribution in [0.2, 0.25) is 0 Å². The first kappa shape index (κ1) is 22.7. The molecule has 11 heteroatoms. The van der Waals surface area contributed by atoms with Crippen LogP contribution in [0, 0.1) is 0 Å². The van der Waals surface area contributed by atoms with E-state index in [1.54, 1.807) is 18.6 Å². The maximum atomic E-state index is 12.7. The van der Waals surface area contributed by atoms with Gasteiger partial charge in [-0.15, -0.1) is 11.3 Å². The topological polar surface area (TPSA) is 140 Å². The summed E-state index contributed by atoms with van der Waals surface area (Å²) < 4.78 is 1.52. The fourth-order valence-corrected chi connectivity index (χ4v) is 6.43. The molecule has 6 heterocycles. The van der Waals surface area contributed by atoms with Crippen molar-refractivity contribution in [2.45, 2.75) is 50.6 Å². The Balaban J connectivity index is 1.42. The molecule has 2 saturated heterocycles. The number of fused-ring (bicyclic) bond motifs is 3. The Hall–Kier alpha value is -3.70. The SMILES string of the molecule is CC(=O)c1c([C@H]2C[C@H]3CC[C@@H](C2)N3C(=O)CO)nc2c(-c3ccc(-c4nccs4)nc3)cnn2c1N. The Bertz CT molecular complexity index is 1450. The molecular weight excluding hydrogens is 478 g/mol. The van der Waals surface area contributed by atoms with Crippen molar-refractivity contribution >= 4 is 34.5 Å². The van der Waals surface area contributed by atoms with Crippen LogP contribution < -0.4 is 5.73 Å². The smallest absolute Gasteiger partial charge is 0.248 e. The molecule has 36 heavy (non-hydrogen) atoms. The highest BCUT2D eigenvalue weighted by molar-refractivity contribution is 7.13. The van der Waals surface area contributed by atoms with Crippen molar-refractivity contribution in [3.8, 4) is 21.8 Å². The van der Waals surface area contributed by atoms with E-state index in [4.69, 9.17) is 10.7 Å². The van der Waals surface area contributed by atoms with Gasteiger partial charge in [0.1, 0.15) is 17.4 Å². The number of aromatic nitrogens is 5. The summed E-state index contributed by atoms with van der Waals surface area (Å²) >= 11 is 1.53. The summed E-state index contributed by atoms with van der Waals surface area (Å²) in [5, 5.41) is 16.6. The van der Waals surface area contributed by atoms with Gasteiger partial charge in [0.05, 0.1) is 23.1 Å². The van der Waals surface area contributed by atoms with E-state index in [9.17, 15) is 14.7 Å². The molecule has 6 rings (SSSR count). The van der Waals surface area contributed by atoms with Gasteiger partial charge >= 0.3 is 0 Å². The van der Waals surface area contributed by atoms with Crippen LogP contribution in [0.1, 0.15) is 54.6 Å². The van der Waals surface area contributed by atoms with E-state index < -0.39 is 6.61 Å². The van der Waals surface area contributed by atoms with Gasteiger partial charge in [0.2, 0.25) is 5.91 Å². The molecule has 0 unspecified atom stereocenters. The first-order valence-electron chi connectivity index (χ1n) is 11.9. The molecule has 4 aromatic heterocycles. The minimum atomic E-state index is -0.484. The molecule has 1 amide bonds. The van der Waals surface area contributed by atoms with E-state index in [0.29, 0.717) is 29.7 Å². The number of ketones is 1. The number of piperidine rings is 1. The number of aliphatic hydroxyl groups is 1. The molecule has 2 aliphatic heterocycles. The molecule has 0 aliphatic carbocycles. The highest BCUT2D eigenvalue weighted by Gasteiger charge is 2.44. The predicted octanol–water partition coefficient (Wildman–Crippen LogP) is 2.93. The Morgan fingerprint density at radius 1 is 1.17 bits per heavy atom. The first-order chi connectivity index (χ1) is 17.5. The van der Waals surface area contributed by atoms with Gasteiger partial charge in [0, 0.05) is 46.9 Å². The third-order valence-electron chi connectivity index (χ3n) is 7.33. The van der Waals surface area contributed by atoms with Crippen molar-refractivity contribution in [2.75, 3.05) is 12.3 Å². The molecule has 3 N–H and O–H groups in total. The number of hydrogen-bond donors (Lipinski definition) is 2. The normalized spacial score (nSPS) is 21.3. The second kappa shape index (κ2) is 8.75. The number of hydrogen-bond acceptors (Lipinski definition) is 9. The lowest BCUT2D eigenvalue weighted by molar-refractivity contribution is -0.138. The largest absolute Gasteiger partial charge is 0.387 e. The molecule has 0 spiro atoms. The van der Waals surface area contributed by atoms with Crippen LogP contribution in [0.4, 0.5) is 5.82 Å². The summed E-state index contributed by atoms with van der Waals surface area (Å²) in [7, 11) is 0. The zero-order valence-electron chi connectivity index (χ0n) is 19.7. The fraction of sp³-hybridized carbons (Fsp3) is 0.360. The summed E-state index contributed by atoms with van der Waals surface area (Å²) in [6.45, 7) is 1.01. The second-order valence-corrected chi connectivity index (χ2v) is 10.3. The number of carbonyl (C=O) groups is 2. The number of rotatable bonds is 5. The van der Waals surface area contributed by atoms with E-state index in [2.05, 4.69) is 15.1 Å². The molecule has 0 aromatic carbocycles. The lowest BCUT2D eigenvalue weighted by atomic mass is 9.85. The van der Waals surface area contributed by atoms with Crippen molar-refractivity contribution in [3.05, 3.63) is 47.4 Å². The first-order valence-corrected chi connectivity index (χ1v) is 12.8. The maximum absolute atomic E-state index is 12.7. The van der Waals surface area contributed by atoms with Crippen LogP contribution >= 0.6 is 11.3 Å². The number of amides is 1. The molecule has 4 aromatic rings. The number of aliphatic hydroxyl groups excluding tert-OH is 1. The minimum absolute atomic E-state index is 0.0235. The summed E-state index contributed by atoms with van der Waals surface area (Å²) in [5.74, 6) is -0.154. The van der Waals surface area contributed by atoms with Crippen molar-refractivity contribution in [1.29, 1.82) is 0 Å². The third kappa shape index (κ3) is 3.58. The van der Waals surface area contributed by atoms with Crippen molar-refractivity contribution in [2.24, 2.45) is 0 Å². The molecule has 0 saturated carbocycles. The molecule has 3 atom stereocenters. The lowest BCUT2D eigenvalue weighted by Gasteiger charge is -2.39. The number of nitrogen functional groups attached to an aromatic ring is 1. The number of pyridine rings is 1. The Morgan fingerprint density at radius 2 is 1.94 bits per heavy atom. The van der Waals surface area contributed by atoms with Gasteiger partial charge in [-0.2, -0.15) is 9.61 Å². The van der Waals surface area contributed by atoms with Crippen molar-refractivity contribution in [3.63, 3.8) is 0 Å². The molecule has 10 nitrogen and oxygen atoms in total. The van der Waals surface area contributed by atoms with Gasteiger partial charge in [0.25, 0.3) is 0 Å². The Labute approximate surface area is 210 Å². The van der Waals surface area contributed by atoms with E-state index >= 15 is 0 Å². The highest BCUT2D eigenvalue weighted by Crippen LogP contribution is 2.44. The third-order valence-corrected chi connectivity index (χ3v) is 8.13. The highest BCUT2D eigenvalue weighted by atomic mass is 32.1. The number of carbonyl (C=O) groups excluding carboxylic acids is 2. The molecule has 184 valence electrons. The van der Waals surface area contributed by atoms with Crippen molar-refractivity contribution in [1.82, 2.24) is 29.5 Å². The quantitative estimate of drug-likeness (QED) is 0.396. The predicted molar refractivity (Wildman–Crippen MR) is 134 cm³/mol. The van der Waals surface area contributed by atoms with Crippen LogP contribution in [0.25, 0.3) is 27.5 Å². The van der Waals surface area contributed by atoms with Gasteiger partial charge in [-0.3, -0.25) is 14.6 Å². The fourth-order valence-electron chi connectivity index (χ4n) is 5.81. The van der Waals surface area contributed by atoms with Crippen molar-refractivity contribution < 1.29 is 14.7 Å². The van der Waals surface area contributed by atoms with Crippen LogP contribution in [0.5, 0.6) is 0 Å². The van der Waals surface area contributed by atoms with Gasteiger partial charge < -0.3 is 15.7 Å². The summed E-state index contributed by atoms with van der Waals surface area (Å²) in [4.78, 5) is 40.7. The van der Waals surface area contributed by atoms with E-state index in [1.165, 1.54) is 22.8 Å². The second-order valence-electron chi connectivity index (χ2n) is 9.39. The average molecular weight is 504 g/mol. The van der Waals surface area contributed by atoms with Gasteiger partial charge in [-0.25, -0.2) is 9.97 Å². The van der Waals surface area contributed by atoms with Crippen LogP contribution in [-0.2, 0) is 4.79 Å². The van der Waals surface area contributed by atoms with Gasteiger partial charge in [-0.05, 0) is 38.7 Å². The average Bonchev–Trinajstić information content (AvgIpc) is 3.62. The molecule has 2 fully saturated rings. The number of nitrogens with two attached hydrogens (primary N) is 1. The minimum Gasteiger partial charge on any atom is -0.387 e. The molecule has 2 aliphatic rings. The summed E-state index contributed by atoms with van der Waals surface area (Å²) in [6, 6.07) is 3.92. The standard InChI is InChI=1S/C25H25N7O3S/c1-13(34)21-22(15-8-16-3-4-17(9-15)31(16)20(35)12-33)30-24-18(11-29-32(24)23(21)26)14-2-5-19(28-10-14)25-27-6-7-36-25/h2,5-7,10-11,15-17,33H,3-4,8-9,12,26H2,1H3/t15-,16+,17-. The van der Waals surface area contributed by atoms with Crippen LogP contribution in [0.3, 0.4) is 0 Å². The maximum Gasteiger partial charge on any atom is 0.248 e. The zero-order chi connectivity index (χ0) is 25.0. The lowest BCUT2D eigenvalue weighted by Crippen LogP contribution is -2.47. The Morgan fingerprint density at radius 3 is 2.56 bits per heavy atom. The van der Waals surface area contributed by atoms with Crippen LogP contribution in [-0.4, -0.2) is 65.0 Å². The summed E-state index contributed by atoms with van der Waals surface area (Å²) in [5.41, 5.74) is 10.5. The molecular formula is C25H25N7O3S. The molecule has 2 bridgehead atoms. The van der Waals surface area contributed by atoms with E-state index in [1.807, 2.05) is 22.4 Å². The van der Waals surface area contributed by atoms with Gasteiger partial charge in [-0.1, -0.05) is 6.07 Å². The number of nitrogens with zero attached hydrogens (tertiary/aromatic N) is 6. The number of anilines is 1. The molecule has 0 radical (unpaired) electrons. The van der Waals surface area contributed by atoms with E-state index in [0.717, 1.165) is 34.7 Å². The van der Waals surface area contributed by atoms with Crippen LogP contribution in [0.15, 0.2) is 36.1 Å². The van der Waals surface area contributed by atoms with E-state index in [-0.39, 0.29) is 35.5 Å². The number of Topliss-reactive ketones (excluding diaryl/α,β-unsaturated/α-hetero) is 1.